The summed E-state index contributed by atoms with van der Waals surface area (Å²) in [6.45, 7) is 2.40. The average molecular weight is 550 g/mol. The number of hydrogen-bond acceptors (Lipinski definition) is 5. The van der Waals surface area contributed by atoms with Crippen molar-refractivity contribution in [1.29, 1.82) is 0 Å². The van der Waals surface area contributed by atoms with Crippen molar-refractivity contribution < 1.29 is 23.5 Å². The Kier molecular flexibility index (Phi) is 8.99. The molecule has 4 aromatic carbocycles. The molecule has 0 radical (unpaired) electrons. The van der Waals surface area contributed by atoms with Gasteiger partial charge in [0.15, 0.2) is 0 Å². The van der Waals surface area contributed by atoms with E-state index in [4.69, 9.17) is 13.9 Å². The number of ether oxygens (including phenoxy) is 2. The number of furan rings is 1. The first-order valence-electron chi connectivity index (χ1n) is 14.2. The van der Waals surface area contributed by atoms with Crippen molar-refractivity contribution in [2.75, 3.05) is 13.7 Å². The first-order valence-corrected chi connectivity index (χ1v) is 14.2. The summed E-state index contributed by atoms with van der Waals surface area (Å²) in [7, 11) is 1.35. The van der Waals surface area contributed by atoms with Crippen LogP contribution in [0.1, 0.15) is 38.2 Å². The number of esters is 1. The number of carbonyl (C=O) groups excluding carboxylic acids is 2. The third-order valence-corrected chi connectivity index (χ3v) is 7.36. The molecule has 0 aliphatic heterocycles. The highest BCUT2D eigenvalue weighted by Crippen LogP contribution is 2.36. The number of para-hydroxylation sites is 2. The molecule has 5 aromatic rings. The number of aryl methyl sites for hydroxylation is 1. The minimum atomic E-state index is -0.497. The molecular formula is C35H35NO5. The molecule has 0 bridgehead atoms. The molecule has 1 unspecified atom stereocenters. The average Bonchev–Trinajstić information content (AvgIpc) is 3.39. The Morgan fingerprint density at radius 2 is 1.51 bits per heavy atom. The van der Waals surface area contributed by atoms with E-state index in [0.29, 0.717) is 19.4 Å². The van der Waals surface area contributed by atoms with E-state index in [9.17, 15) is 9.59 Å². The lowest BCUT2D eigenvalue weighted by Gasteiger charge is -2.18. The zero-order valence-corrected chi connectivity index (χ0v) is 23.5. The van der Waals surface area contributed by atoms with Gasteiger partial charge in [-0.05, 0) is 47.6 Å². The van der Waals surface area contributed by atoms with Gasteiger partial charge in [-0.15, -0.1) is 0 Å². The number of fused-ring (bicyclic) bond motifs is 3. The molecular weight excluding hydrogens is 514 g/mol. The van der Waals surface area contributed by atoms with Crippen LogP contribution in [0.15, 0.2) is 95.4 Å². The fraction of sp³-hybridized carbons (Fsp3) is 0.257. The van der Waals surface area contributed by atoms with E-state index in [1.54, 1.807) is 0 Å². The Balaban J connectivity index is 1.25. The van der Waals surface area contributed by atoms with Gasteiger partial charge in [0.25, 0.3) is 0 Å². The van der Waals surface area contributed by atoms with E-state index >= 15 is 0 Å². The Bertz CT molecular complexity index is 1620. The molecule has 5 rings (SSSR count). The first-order chi connectivity index (χ1) is 20.1. The molecule has 1 N–H and O–H groups in total. The quantitative estimate of drug-likeness (QED) is 0.132. The zero-order valence-electron chi connectivity index (χ0n) is 23.5. The van der Waals surface area contributed by atoms with Crippen LogP contribution in [-0.4, -0.2) is 31.8 Å². The van der Waals surface area contributed by atoms with E-state index in [1.165, 1.54) is 7.11 Å². The molecule has 0 saturated carbocycles. The van der Waals surface area contributed by atoms with Crippen LogP contribution in [0.4, 0.5) is 4.79 Å². The second-order valence-corrected chi connectivity index (χ2v) is 10.2. The fourth-order valence-electron chi connectivity index (χ4n) is 5.05. The summed E-state index contributed by atoms with van der Waals surface area (Å²) >= 11 is 0. The highest BCUT2D eigenvalue weighted by atomic mass is 16.5. The van der Waals surface area contributed by atoms with Crippen LogP contribution >= 0.6 is 0 Å². The Hall–Kier alpha value is -4.58. The highest BCUT2D eigenvalue weighted by Gasteiger charge is 2.18. The van der Waals surface area contributed by atoms with Gasteiger partial charge in [0.1, 0.15) is 11.2 Å². The van der Waals surface area contributed by atoms with E-state index in [1.807, 2.05) is 25.1 Å². The van der Waals surface area contributed by atoms with E-state index in [0.717, 1.165) is 62.6 Å². The second-order valence-electron chi connectivity index (χ2n) is 10.2. The summed E-state index contributed by atoms with van der Waals surface area (Å²) in [5.41, 5.74) is 7.34. The predicted molar refractivity (Wildman–Crippen MR) is 163 cm³/mol. The van der Waals surface area contributed by atoms with Gasteiger partial charge in [0, 0.05) is 22.4 Å². The van der Waals surface area contributed by atoms with Gasteiger partial charge in [-0.1, -0.05) is 98.3 Å². The van der Waals surface area contributed by atoms with Gasteiger partial charge in [-0.2, -0.15) is 0 Å². The van der Waals surface area contributed by atoms with Gasteiger partial charge >= 0.3 is 12.1 Å². The van der Waals surface area contributed by atoms with Crippen LogP contribution in [0.5, 0.6) is 0 Å². The van der Waals surface area contributed by atoms with Gasteiger partial charge in [0.05, 0.1) is 20.1 Å². The van der Waals surface area contributed by atoms with E-state index < -0.39 is 6.09 Å². The summed E-state index contributed by atoms with van der Waals surface area (Å²) < 4.78 is 16.2. The van der Waals surface area contributed by atoms with Gasteiger partial charge in [-0.3, -0.25) is 4.79 Å². The molecule has 41 heavy (non-hydrogen) atoms. The SMILES string of the molecule is CCCCOC(=O)NC(CCc1ccc(-c2ccc(-c3cccc4c3oc3ccccc34)cc2)cc1)CC(=O)OC. The normalized spacial score (nSPS) is 11.9. The molecule has 0 aliphatic carbocycles. The van der Waals surface area contributed by atoms with Gasteiger partial charge in [0.2, 0.25) is 0 Å². The number of alkyl carbamates (subject to hydrolysis) is 1. The third-order valence-electron chi connectivity index (χ3n) is 7.36. The number of unbranched alkanes of at least 4 members (excludes halogenated alkanes) is 1. The predicted octanol–water partition coefficient (Wildman–Crippen LogP) is 8.31. The second kappa shape index (κ2) is 13.2. The molecule has 1 amide bonds. The van der Waals surface area contributed by atoms with Crippen molar-refractivity contribution >= 4 is 34.0 Å². The summed E-state index contributed by atoms with van der Waals surface area (Å²) in [5.74, 6) is -0.362. The number of rotatable bonds is 11. The smallest absolute Gasteiger partial charge is 0.407 e. The zero-order chi connectivity index (χ0) is 28.6. The standard InChI is InChI=1S/C35H35NO5/c1-3-4-22-40-35(38)36-28(23-33(37)39-2)21-14-24-12-15-25(16-13-24)26-17-19-27(20-18-26)29-9-7-10-31-30-8-5-6-11-32(30)41-34(29)31/h5-13,15-20,28H,3-4,14,21-23H2,1-2H3,(H,36,38). The minimum absolute atomic E-state index is 0.103. The molecule has 0 spiro atoms. The Labute approximate surface area is 240 Å². The number of methoxy groups -OCH3 is 1. The Morgan fingerprint density at radius 1 is 0.829 bits per heavy atom. The summed E-state index contributed by atoms with van der Waals surface area (Å²) in [6, 6.07) is 31.0. The highest BCUT2D eigenvalue weighted by molar-refractivity contribution is 6.09. The van der Waals surface area contributed by atoms with E-state index in [2.05, 4.69) is 78.1 Å². The van der Waals surface area contributed by atoms with Crippen molar-refractivity contribution in [3.63, 3.8) is 0 Å². The van der Waals surface area contributed by atoms with Crippen LogP contribution in [0.3, 0.4) is 0 Å². The molecule has 1 heterocycles. The number of hydrogen-bond donors (Lipinski definition) is 1. The molecule has 6 heteroatoms. The van der Waals surface area contributed by atoms with Crippen LogP contribution in [0.25, 0.3) is 44.2 Å². The molecule has 0 fully saturated rings. The largest absolute Gasteiger partial charge is 0.469 e. The maximum absolute atomic E-state index is 12.1. The maximum Gasteiger partial charge on any atom is 0.407 e. The lowest BCUT2D eigenvalue weighted by molar-refractivity contribution is -0.141. The van der Waals surface area contributed by atoms with Crippen LogP contribution in [0.2, 0.25) is 0 Å². The number of benzene rings is 4. The topological polar surface area (TPSA) is 77.8 Å². The van der Waals surface area contributed by atoms with Crippen LogP contribution in [0, 0.1) is 0 Å². The van der Waals surface area contributed by atoms with E-state index in [-0.39, 0.29) is 18.4 Å². The molecule has 6 nitrogen and oxygen atoms in total. The summed E-state index contributed by atoms with van der Waals surface area (Å²) in [5, 5.41) is 5.06. The van der Waals surface area contributed by atoms with Crippen molar-refractivity contribution in [1.82, 2.24) is 5.32 Å². The van der Waals surface area contributed by atoms with Crippen molar-refractivity contribution in [2.24, 2.45) is 0 Å². The molecule has 0 saturated heterocycles. The van der Waals surface area contributed by atoms with Crippen molar-refractivity contribution in [3.05, 3.63) is 96.6 Å². The van der Waals surface area contributed by atoms with Crippen LogP contribution in [-0.2, 0) is 20.7 Å². The number of amides is 1. The lowest BCUT2D eigenvalue weighted by Crippen LogP contribution is -2.37. The molecule has 1 aromatic heterocycles. The van der Waals surface area contributed by atoms with Crippen LogP contribution < -0.4 is 5.32 Å². The fourth-order valence-corrected chi connectivity index (χ4v) is 5.05. The summed E-state index contributed by atoms with van der Waals surface area (Å²) in [6.07, 6.45) is 2.66. The lowest BCUT2D eigenvalue weighted by atomic mass is 9.97. The van der Waals surface area contributed by atoms with Crippen molar-refractivity contribution in [3.8, 4) is 22.3 Å². The molecule has 0 aliphatic rings. The third kappa shape index (κ3) is 6.77. The first kappa shape index (κ1) is 28.0. The van der Waals surface area contributed by atoms with Gasteiger partial charge < -0.3 is 19.2 Å². The summed E-state index contributed by atoms with van der Waals surface area (Å²) in [4.78, 5) is 24.0. The molecule has 1 atom stereocenters. The van der Waals surface area contributed by atoms with Crippen molar-refractivity contribution in [2.45, 2.75) is 45.1 Å². The Morgan fingerprint density at radius 3 is 2.24 bits per heavy atom. The number of carbonyl (C=O) groups is 2. The monoisotopic (exact) mass is 549 g/mol. The van der Waals surface area contributed by atoms with Gasteiger partial charge in [-0.25, -0.2) is 4.79 Å². The number of nitrogens with one attached hydrogen (secondary N) is 1. The maximum atomic E-state index is 12.1. The minimum Gasteiger partial charge on any atom is -0.469 e. The molecule has 210 valence electrons.